The Balaban J connectivity index is 1.62. The Morgan fingerprint density at radius 3 is 2.52 bits per heavy atom. The van der Waals surface area contributed by atoms with E-state index in [1.165, 1.54) is 4.31 Å². The second-order valence-electron chi connectivity index (χ2n) is 7.39. The first-order chi connectivity index (χ1) is 14.9. The van der Waals surface area contributed by atoms with E-state index in [0.717, 1.165) is 5.56 Å². The van der Waals surface area contributed by atoms with Crippen molar-refractivity contribution in [2.24, 2.45) is 0 Å². The SMILES string of the molecule is CCOc1ccccc1NC(=O)c1ccc2c(c1)C[C@H](C)N2S(=O)(=O)c1ccccc1. The van der Waals surface area contributed by atoms with Gasteiger partial charge in [0, 0.05) is 11.6 Å². The first-order valence-electron chi connectivity index (χ1n) is 10.2. The highest BCUT2D eigenvalue weighted by molar-refractivity contribution is 7.92. The van der Waals surface area contributed by atoms with E-state index in [9.17, 15) is 13.2 Å². The van der Waals surface area contributed by atoms with Crippen LogP contribution in [0.15, 0.2) is 77.7 Å². The van der Waals surface area contributed by atoms with Gasteiger partial charge >= 0.3 is 0 Å². The number of nitrogens with zero attached hydrogens (tertiary/aromatic N) is 1. The first kappa shape index (κ1) is 20.9. The number of amides is 1. The zero-order chi connectivity index (χ0) is 22.0. The lowest BCUT2D eigenvalue weighted by atomic mass is 10.1. The van der Waals surface area contributed by atoms with Crippen LogP contribution < -0.4 is 14.4 Å². The molecule has 0 unspecified atom stereocenters. The van der Waals surface area contributed by atoms with Gasteiger partial charge in [-0.2, -0.15) is 0 Å². The van der Waals surface area contributed by atoms with Crippen molar-refractivity contribution < 1.29 is 17.9 Å². The summed E-state index contributed by atoms with van der Waals surface area (Å²) in [4.78, 5) is 13.1. The maximum Gasteiger partial charge on any atom is 0.264 e. The van der Waals surface area contributed by atoms with Gasteiger partial charge in [0.2, 0.25) is 0 Å². The fourth-order valence-corrected chi connectivity index (χ4v) is 5.58. The van der Waals surface area contributed by atoms with Gasteiger partial charge in [0.1, 0.15) is 5.75 Å². The highest BCUT2D eigenvalue weighted by Crippen LogP contribution is 2.37. The van der Waals surface area contributed by atoms with E-state index in [2.05, 4.69) is 5.32 Å². The summed E-state index contributed by atoms with van der Waals surface area (Å²) < 4.78 is 33.4. The maximum absolute atomic E-state index is 13.2. The second-order valence-corrected chi connectivity index (χ2v) is 9.21. The summed E-state index contributed by atoms with van der Waals surface area (Å²) in [5.41, 5.74) is 2.51. The molecule has 0 bridgehead atoms. The molecule has 1 aliphatic heterocycles. The number of hydrogen-bond acceptors (Lipinski definition) is 4. The topological polar surface area (TPSA) is 75.7 Å². The number of nitrogens with one attached hydrogen (secondary N) is 1. The van der Waals surface area contributed by atoms with Crippen LogP contribution in [0.25, 0.3) is 0 Å². The number of carbonyl (C=O) groups excluding carboxylic acids is 1. The molecular formula is C24H24N2O4S. The van der Waals surface area contributed by atoms with Crippen molar-refractivity contribution >= 4 is 27.3 Å². The maximum atomic E-state index is 13.2. The number of fused-ring (bicyclic) bond motifs is 1. The Morgan fingerprint density at radius 1 is 1.06 bits per heavy atom. The molecule has 3 aromatic rings. The molecule has 0 radical (unpaired) electrons. The Kier molecular flexibility index (Phi) is 5.69. The molecule has 1 N–H and O–H groups in total. The normalized spacial score (nSPS) is 15.4. The highest BCUT2D eigenvalue weighted by Gasteiger charge is 2.36. The molecule has 0 fully saturated rings. The number of benzene rings is 3. The minimum absolute atomic E-state index is 0.239. The number of rotatable bonds is 6. The van der Waals surface area contributed by atoms with Gasteiger partial charge in [0.05, 0.1) is 22.9 Å². The predicted octanol–water partition coefficient (Wildman–Crippen LogP) is 4.48. The van der Waals surface area contributed by atoms with Gasteiger partial charge in [0.25, 0.3) is 15.9 Å². The van der Waals surface area contributed by atoms with Gasteiger partial charge in [-0.15, -0.1) is 0 Å². The third-order valence-electron chi connectivity index (χ3n) is 5.23. The van der Waals surface area contributed by atoms with Gasteiger partial charge in [-0.25, -0.2) is 8.42 Å². The van der Waals surface area contributed by atoms with Crippen molar-refractivity contribution in [3.63, 3.8) is 0 Å². The molecule has 0 aliphatic carbocycles. The predicted molar refractivity (Wildman–Crippen MR) is 121 cm³/mol. The molecule has 4 rings (SSSR count). The summed E-state index contributed by atoms with van der Waals surface area (Å²) >= 11 is 0. The van der Waals surface area contributed by atoms with Crippen LogP contribution in [0, 0.1) is 0 Å². The Hall–Kier alpha value is -3.32. The zero-order valence-corrected chi connectivity index (χ0v) is 18.2. The zero-order valence-electron chi connectivity index (χ0n) is 17.4. The van der Waals surface area contributed by atoms with Crippen LogP contribution in [0.3, 0.4) is 0 Å². The fraction of sp³-hybridized carbons (Fsp3) is 0.208. The molecule has 3 aromatic carbocycles. The molecule has 31 heavy (non-hydrogen) atoms. The highest BCUT2D eigenvalue weighted by atomic mass is 32.2. The molecule has 1 aliphatic rings. The fourth-order valence-electron chi connectivity index (χ4n) is 3.86. The number of hydrogen-bond donors (Lipinski definition) is 1. The van der Waals surface area contributed by atoms with Crippen molar-refractivity contribution in [3.05, 3.63) is 83.9 Å². The van der Waals surface area contributed by atoms with Crippen LogP contribution in [0.5, 0.6) is 5.75 Å². The summed E-state index contributed by atoms with van der Waals surface area (Å²) in [6, 6.07) is 20.6. The third-order valence-corrected chi connectivity index (χ3v) is 7.17. The smallest absolute Gasteiger partial charge is 0.264 e. The van der Waals surface area contributed by atoms with E-state index >= 15 is 0 Å². The van der Waals surface area contributed by atoms with E-state index in [4.69, 9.17) is 4.74 Å². The molecule has 160 valence electrons. The minimum Gasteiger partial charge on any atom is -0.492 e. The standard InChI is InChI=1S/C24H24N2O4S/c1-3-30-23-12-8-7-11-21(23)25-24(27)18-13-14-22-19(16-18)15-17(2)26(22)31(28,29)20-9-5-4-6-10-20/h4-14,16-17H,3,15H2,1-2H3,(H,25,27)/t17-/m0/s1. The lowest BCUT2D eigenvalue weighted by Gasteiger charge is -2.24. The Morgan fingerprint density at radius 2 is 1.77 bits per heavy atom. The number of ether oxygens (including phenoxy) is 1. The molecule has 0 aromatic heterocycles. The van der Waals surface area contributed by atoms with Gasteiger partial charge in [-0.1, -0.05) is 30.3 Å². The van der Waals surface area contributed by atoms with Gasteiger partial charge in [-0.3, -0.25) is 9.10 Å². The lowest BCUT2D eigenvalue weighted by Crippen LogP contribution is -2.35. The molecular weight excluding hydrogens is 412 g/mol. The quantitative estimate of drug-likeness (QED) is 0.618. The molecule has 7 heteroatoms. The number of carbonyl (C=O) groups is 1. The van der Waals surface area contributed by atoms with E-state index in [1.54, 1.807) is 60.7 Å². The molecule has 1 amide bonds. The minimum atomic E-state index is -3.68. The monoisotopic (exact) mass is 436 g/mol. The van der Waals surface area contributed by atoms with Crippen LogP contribution >= 0.6 is 0 Å². The summed E-state index contributed by atoms with van der Waals surface area (Å²) in [6.07, 6.45) is 0.540. The van der Waals surface area contributed by atoms with Crippen LogP contribution in [0.2, 0.25) is 0 Å². The van der Waals surface area contributed by atoms with Crippen molar-refractivity contribution in [1.29, 1.82) is 0 Å². The van der Waals surface area contributed by atoms with Gasteiger partial charge in [0.15, 0.2) is 0 Å². The molecule has 0 saturated carbocycles. The average molecular weight is 437 g/mol. The largest absolute Gasteiger partial charge is 0.492 e. The van der Waals surface area contributed by atoms with Crippen LogP contribution in [-0.2, 0) is 16.4 Å². The molecule has 0 spiro atoms. The van der Waals surface area contributed by atoms with E-state index in [-0.39, 0.29) is 16.8 Å². The first-order valence-corrected chi connectivity index (χ1v) is 11.6. The van der Waals surface area contributed by atoms with Gasteiger partial charge in [-0.05, 0) is 68.3 Å². The van der Waals surface area contributed by atoms with Crippen molar-refractivity contribution in [2.45, 2.75) is 31.2 Å². The molecule has 1 atom stereocenters. The van der Waals surface area contributed by atoms with Crippen LogP contribution in [-0.4, -0.2) is 27.0 Å². The van der Waals surface area contributed by atoms with Crippen molar-refractivity contribution in [3.8, 4) is 5.75 Å². The summed E-state index contributed by atoms with van der Waals surface area (Å²) in [7, 11) is -3.68. The van der Waals surface area contributed by atoms with E-state index in [0.29, 0.717) is 35.7 Å². The second kappa shape index (κ2) is 8.43. The Bertz CT molecular complexity index is 1210. The van der Waals surface area contributed by atoms with Crippen molar-refractivity contribution in [2.75, 3.05) is 16.2 Å². The number of anilines is 2. The molecule has 6 nitrogen and oxygen atoms in total. The third kappa shape index (κ3) is 4.01. The average Bonchev–Trinajstić information content (AvgIpc) is 3.11. The summed E-state index contributed by atoms with van der Waals surface area (Å²) in [6.45, 7) is 4.25. The molecule has 0 saturated heterocycles. The summed E-state index contributed by atoms with van der Waals surface area (Å²) in [5, 5.41) is 2.89. The van der Waals surface area contributed by atoms with E-state index < -0.39 is 10.0 Å². The lowest BCUT2D eigenvalue weighted by molar-refractivity contribution is 0.102. The Labute approximate surface area is 182 Å². The molecule has 1 heterocycles. The number of para-hydroxylation sites is 2. The van der Waals surface area contributed by atoms with Crippen molar-refractivity contribution in [1.82, 2.24) is 0 Å². The van der Waals surface area contributed by atoms with Crippen LogP contribution in [0.1, 0.15) is 29.8 Å². The van der Waals surface area contributed by atoms with E-state index in [1.807, 2.05) is 26.0 Å². The van der Waals surface area contributed by atoms with Gasteiger partial charge < -0.3 is 10.1 Å². The number of sulfonamides is 1. The van der Waals surface area contributed by atoms with Crippen LogP contribution in [0.4, 0.5) is 11.4 Å². The summed E-state index contributed by atoms with van der Waals surface area (Å²) in [5.74, 6) is 0.334.